The quantitative estimate of drug-likeness (QED) is 0.233. The van der Waals surface area contributed by atoms with Crippen molar-refractivity contribution >= 4 is 0 Å². The lowest BCUT2D eigenvalue weighted by Crippen LogP contribution is -2.63. The van der Waals surface area contributed by atoms with Crippen LogP contribution in [-0.4, -0.2) is 130 Å². The molecular formula is C26H46O12. The minimum atomic E-state index is -1.44. The Morgan fingerprint density at radius 2 is 1.53 bits per heavy atom. The van der Waals surface area contributed by atoms with Crippen molar-refractivity contribution in [2.75, 3.05) is 19.8 Å². The summed E-state index contributed by atoms with van der Waals surface area (Å²) in [5.41, 5.74) is 0. The molecule has 6 N–H and O–H groups in total. The van der Waals surface area contributed by atoms with Gasteiger partial charge in [0.15, 0.2) is 12.6 Å². The Morgan fingerprint density at radius 1 is 0.737 bits per heavy atom. The molecule has 0 bridgehead atoms. The normalized spacial score (nSPS) is 48.9. The Kier molecular flexibility index (Phi) is 11.2. The van der Waals surface area contributed by atoms with Crippen molar-refractivity contribution < 1.29 is 59.1 Å². The van der Waals surface area contributed by atoms with Gasteiger partial charge in [0, 0.05) is 13.2 Å². The molecule has 0 amide bonds. The third kappa shape index (κ3) is 6.87. The third-order valence-corrected chi connectivity index (χ3v) is 8.31. The molecule has 0 aromatic heterocycles. The highest BCUT2D eigenvalue weighted by atomic mass is 16.7. The van der Waals surface area contributed by atoms with Crippen molar-refractivity contribution in [3.8, 4) is 0 Å². The van der Waals surface area contributed by atoms with Crippen molar-refractivity contribution in [1.82, 2.24) is 0 Å². The molecule has 0 aromatic carbocycles. The van der Waals surface area contributed by atoms with E-state index in [1.165, 1.54) is 0 Å². The first-order valence-corrected chi connectivity index (χ1v) is 14.1. The molecule has 1 aliphatic carbocycles. The fourth-order valence-electron chi connectivity index (χ4n) is 5.98. The van der Waals surface area contributed by atoms with E-state index in [0.29, 0.717) is 19.4 Å². The van der Waals surface area contributed by atoms with Gasteiger partial charge in [-0.15, -0.1) is 0 Å². The van der Waals surface area contributed by atoms with Crippen LogP contribution in [0.5, 0.6) is 0 Å². The van der Waals surface area contributed by atoms with Crippen molar-refractivity contribution in [3.05, 3.63) is 0 Å². The van der Waals surface area contributed by atoms with E-state index >= 15 is 0 Å². The predicted octanol–water partition coefficient (Wildman–Crippen LogP) is -0.812. The predicted molar refractivity (Wildman–Crippen MR) is 131 cm³/mol. The van der Waals surface area contributed by atoms with Crippen LogP contribution < -0.4 is 0 Å². The molecule has 0 radical (unpaired) electrons. The molecule has 12 heteroatoms. The van der Waals surface area contributed by atoms with Crippen LogP contribution in [0.15, 0.2) is 0 Å². The summed E-state index contributed by atoms with van der Waals surface area (Å²) in [7, 11) is 0. The molecule has 14 unspecified atom stereocenters. The van der Waals surface area contributed by atoms with E-state index in [9.17, 15) is 30.6 Å². The van der Waals surface area contributed by atoms with E-state index in [1.54, 1.807) is 6.92 Å². The van der Waals surface area contributed by atoms with Gasteiger partial charge in [-0.3, -0.25) is 0 Å². The third-order valence-electron chi connectivity index (χ3n) is 8.31. The van der Waals surface area contributed by atoms with Crippen LogP contribution in [-0.2, 0) is 28.4 Å². The summed E-state index contributed by atoms with van der Waals surface area (Å²) >= 11 is 0. The molecule has 3 heterocycles. The van der Waals surface area contributed by atoms with Crippen LogP contribution in [0, 0.1) is 5.92 Å². The molecule has 4 aliphatic rings. The molecule has 222 valence electrons. The Labute approximate surface area is 223 Å². The molecule has 0 aromatic rings. The largest absolute Gasteiger partial charge is 0.396 e. The summed E-state index contributed by atoms with van der Waals surface area (Å²) in [4.78, 5) is 0. The maximum Gasteiger partial charge on any atom is 0.187 e. The molecule has 1 saturated carbocycles. The molecule has 0 spiro atoms. The van der Waals surface area contributed by atoms with E-state index in [4.69, 9.17) is 28.4 Å². The topological polar surface area (TPSA) is 177 Å². The van der Waals surface area contributed by atoms with E-state index in [-0.39, 0.29) is 18.6 Å². The van der Waals surface area contributed by atoms with E-state index in [0.717, 1.165) is 32.1 Å². The number of rotatable bonds is 7. The molecule has 3 saturated heterocycles. The summed E-state index contributed by atoms with van der Waals surface area (Å²) in [6.45, 7) is 3.53. The fraction of sp³-hybridized carbons (Fsp3) is 1.00. The number of fused-ring (bicyclic) bond motifs is 1. The average molecular weight is 551 g/mol. The van der Waals surface area contributed by atoms with E-state index < -0.39 is 80.2 Å². The highest BCUT2D eigenvalue weighted by Crippen LogP contribution is 2.36. The highest BCUT2D eigenvalue weighted by molar-refractivity contribution is 4.95. The SMILES string of the molecule is CC1CCCC(OC2OC(CO)C(O)C3OC(CCO)CCCCOC23)C1OC1OC(C)C(O)C(O)C1O. The van der Waals surface area contributed by atoms with E-state index in [1.807, 2.05) is 6.92 Å². The van der Waals surface area contributed by atoms with Crippen molar-refractivity contribution in [2.45, 2.75) is 139 Å². The lowest BCUT2D eigenvalue weighted by molar-refractivity contribution is -0.352. The second-order valence-electron chi connectivity index (χ2n) is 11.1. The molecule has 14 atom stereocenters. The molecule has 38 heavy (non-hydrogen) atoms. The van der Waals surface area contributed by atoms with E-state index in [2.05, 4.69) is 0 Å². The number of hydrogen-bond acceptors (Lipinski definition) is 12. The fourth-order valence-corrected chi connectivity index (χ4v) is 5.98. The standard InChI is InChI=1S/C26H46O12/c1-13-6-5-8-16(22(13)38-25-21(32)20(31)18(29)14(2)34-25)36-26-24-23(19(30)17(12-28)37-26)35-15(9-10-27)7-3-4-11-33-24/h13-32H,3-12H2,1-2H3. The minimum absolute atomic E-state index is 0.0223. The monoisotopic (exact) mass is 550 g/mol. The number of aliphatic hydroxyl groups is 6. The zero-order chi connectivity index (χ0) is 27.4. The molecule has 12 nitrogen and oxygen atoms in total. The van der Waals surface area contributed by atoms with Gasteiger partial charge in [0.1, 0.15) is 42.7 Å². The van der Waals surface area contributed by atoms with Crippen LogP contribution in [0.2, 0.25) is 0 Å². The van der Waals surface area contributed by atoms with Crippen LogP contribution in [0.4, 0.5) is 0 Å². The van der Waals surface area contributed by atoms with Gasteiger partial charge < -0.3 is 59.1 Å². The Hall–Kier alpha value is -0.480. The molecule has 3 aliphatic heterocycles. The summed E-state index contributed by atoms with van der Waals surface area (Å²) in [5.74, 6) is 0.0223. The highest BCUT2D eigenvalue weighted by Gasteiger charge is 2.51. The van der Waals surface area contributed by atoms with Crippen molar-refractivity contribution in [1.29, 1.82) is 0 Å². The second-order valence-corrected chi connectivity index (χ2v) is 11.1. The smallest absolute Gasteiger partial charge is 0.187 e. The number of aliphatic hydroxyl groups excluding tert-OH is 6. The van der Waals surface area contributed by atoms with Crippen LogP contribution in [0.3, 0.4) is 0 Å². The lowest BCUT2D eigenvalue weighted by Gasteiger charge is -2.48. The first kappa shape index (κ1) is 30.5. The van der Waals surface area contributed by atoms with Gasteiger partial charge in [-0.2, -0.15) is 0 Å². The van der Waals surface area contributed by atoms with Crippen molar-refractivity contribution in [2.24, 2.45) is 5.92 Å². The maximum atomic E-state index is 11.0. The van der Waals surface area contributed by atoms with Crippen molar-refractivity contribution in [3.63, 3.8) is 0 Å². The maximum absolute atomic E-state index is 11.0. The van der Waals surface area contributed by atoms with Gasteiger partial charge in [-0.25, -0.2) is 0 Å². The number of hydrogen-bond donors (Lipinski definition) is 6. The van der Waals surface area contributed by atoms with Crippen LogP contribution in [0.25, 0.3) is 0 Å². The Morgan fingerprint density at radius 3 is 2.26 bits per heavy atom. The van der Waals surface area contributed by atoms with Gasteiger partial charge >= 0.3 is 0 Å². The Balaban J connectivity index is 1.52. The van der Waals surface area contributed by atoms with Gasteiger partial charge in [0.25, 0.3) is 0 Å². The van der Waals surface area contributed by atoms with Crippen LogP contribution in [0.1, 0.15) is 58.8 Å². The first-order chi connectivity index (χ1) is 18.2. The average Bonchev–Trinajstić information content (AvgIpc) is 3.00. The number of ether oxygens (including phenoxy) is 6. The summed E-state index contributed by atoms with van der Waals surface area (Å²) in [5, 5.41) is 61.2. The zero-order valence-corrected chi connectivity index (χ0v) is 22.3. The summed E-state index contributed by atoms with van der Waals surface area (Å²) in [6, 6.07) is 0. The van der Waals surface area contributed by atoms with Gasteiger partial charge in [0.05, 0.1) is 31.0 Å². The Bertz CT molecular complexity index is 714. The zero-order valence-electron chi connectivity index (χ0n) is 22.3. The minimum Gasteiger partial charge on any atom is -0.396 e. The first-order valence-electron chi connectivity index (χ1n) is 14.1. The van der Waals surface area contributed by atoms with Gasteiger partial charge in [0.2, 0.25) is 0 Å². The molecular weight excluding hydrogens is 504 g/mol. The molecule has 4 fully saturated rings. The second kappa shape index (κ2) is 13.9. The molecule has 4 rings (SSSR count). The summed E-state index contributed by atoms with van der Waals surface area (Å²) in [6.07, 6.45) is -6.88. The van der Waals surface area contributed by atoms with Crippen LogP contribution >= 0.6 is 0 Å². The van der Waals surface area contributed by atoms with Gasteiger partial charge in [-0.1, -0.05) is 13.3 Å². The summed E-state index contributed by atoms with van der Waals surface area (Å²) < 4.78 is 36.8. The lowest BCUT2D eigenvalue weighted by atomic mass is 9.85. The van der Waals surface area contributed by atoms with Gasteiger partial charge in [-0.05, 0) is 51.4 Å².